The second-order valence-electron chi connectivity index (χ2n) is 2.05. The lowest BCUT2D eigenvalue weighted by Gasteiger charge is -1.93. The van der Waals surface area contributed by atoms with Gasteiger partial charge in [0.1, 0.15) is 0 Å². The Morgan fingerprint density at radius 1 is 1.55 bits per heavy atom. The second-order valence-corrected chi connectivity index (χ2v) is 2.31. The average molecular weight is 171 g/mol. The maximum atomic E-state index is 10.8. The molecule has 0 amide bonds. The number of ketones is 1. The minimum absolute atomic E-state index is 0.0350. The summed E-state index contributed by atoms with van der Waals surface area (Å²) in [5.74, 6) is 0.00324. The van der Waals surface area contributed by atoms with Gasteiger partial charge in [-0.05, 0) is 0 Å². The molecule has 1 aromatic rings. The van der Waals surface area contributed by atoms with Crippen LogP contribution >= 0.6 is 11.6 Å². The van der Waals surface area contributed by atoms with E-state index >= 15 is 0 Å². The van der Waals surface area contributed by atoms with Crippen LogP contribution in [-0.4, -0.2) is 21.6 Å². The van der Waals surface area contributed by atoms with Gasteiger partial charge in [0.05, 0.1) is 18.0 Å². The van der Waals surface area contributed by atoms with Crippen molar-refractivity contribution in [2.75, 3.05) is 5.88 Å². The first-order valence-corrected chi connectivity index (χ1v) is 3.69. The van der Waals surface area contributed by atoms with E-state index in [-0.39, 0.29) is 18.1 Å². The lowest BCUT2D eigenvalue weighted by Crippen LogP contribution is -2.05. The Balaban J connectivity index is 2.58. The van der Waals surface area contributed by atoms with Crippen molar-refractivity contribution in [2.45, 2.75) is 6.42 Å². The van der Waals surface area contributed by atoms with Crippen LogP contribution in [0.2, 0.25) is 0 Å². The average Bonchev–Trinajstić information content (AvgIpc) is 2.06. The van der Waals surface area contributed by atoms with Crippen molar-refractivity contribution in [3.05, 3.63) is 24.3 Å². The summed E-state index contributed by atoms with van der Waals surface area (Å²) >= 11 is 5.30. The monoisotopic (exact) mass is 170 g/mol. The van der Waals surface area contributed by atoms with Crippen molar-refractivity contribution in [1.82, 2.24) is 9.97 Å². The summed E-state index contributed by atoms with van der Waals surface area (Å²) in [4.78, 5) is 18.5. The number of aromatic nitrogens is 2. The Labute approximate surface area is 69.4 Å². The van der Waals surface area contributed by atoms with Gasteiger partial charge in [0.25, 0.3) is 0 Å². The first kappa shape index (κ1) is 8.14. The molecule has 0 saturated heterocycles. The van der Waals surface area contributed by atoms with Gasteiger partial charge in [-0.15, -0.1) is 11.6 Å². The lowest BCUT2D eigenvalue weighted by atomic mass is 10.2. The molecule has 1 aromatic heterocycles. The molecule has 1 heterocycles. The van der Waals surface area contributed by atoms with E-state index in [1.807, 2.05) is 0 Å². The SMILES string of the molecule is O=C(CCl)Cc1cnccn1. The molecule has 0 fully saturated rings. The highest BCUT2D eigenvalue weighted by Gasteiger charge is 2.01. The third kappa shape index (κ3) is 2.63. The number of halogens is 1. The molecule has 11 heavy (non-hydrogen) atoms. The molecule has 0 unspecified atom stereocenters. The topological polar surface area (TPSA) is 42.9 Å². The Morgan fingerprint density at radius 2 is 2.36 bits per heavy atom. The Morgan fingerprint density at radius 3 is 2.91 bits per heavy atom. The van der Waals surface area contributed by atoms with E-state index in [9.17, 15) is 4.79 Å². The largest absolute Gasteiger partial charge is 0.298 e. The number of carbonyl (C=O) groups excluding carboxylic acids is 1. The van der Waals surface area contributed by atoms with Gasteiger partial charge >= 0.3 is 0 Å². The summed E-state index contributed by atoms with van der Waals surface area (Å²) in [6.45, 7) is 0. The van der Waals surface area contributed by atoms with E-state index in [4.69, 9.17) is 11.6 Å². The summed E-state index contributed by atoms with van der Waals surface area (Å²) in [6.07, 6.45) is 4.95. The van der Waals surface area contributed by atoms with E-state index < -0.39 is 0 Å². The maximum absolute atomic E-state index is 10.8. The normalized spacial score (nSPS) is 9.55. The highest BCUT2D eigenvalue weighted by molar-refractivity contribution is 6.27. The zero-order chi connectivity index (χ0) is 8.10. The van der Waals surface area contributed by atoms with Crippen LogP contribution in [0, 0.1) is 0 Å². The van der Waals surface area contributed by atoms with Crippen LogP contribution < -0.4 is 0 Å². The number of nitrogens with zero attached hydrogens (tertiary/aromatic N) is 2. The minimum atomic E-state index is -0.0350. The molecule has 0 saturated carbocycles. The van der Waals surface area contributed by atoms with Gasteiger partial charge in [-0.1, -0.05) is 0 Å². The highest BCUT2D eigenvalue weighted by Crippen LogP contribution is 1.93. The van der Waals surface area contributed by atoms with Crippen molar-refractivity contribution in [2.24, 2.45) is 0 Å². The molecule has 0 aromatic carbocycles. The smallest absolute Gasteiger partial charge is 0.153 e. The van der Waals surface area contributed by atoms with Crippen LogP contribution in [0.25, 0.3) is 0 Å². The fourth-order valence-electron chi connectivity index (χ4n) is 0.671. The van der Waals surface area contributed by atoms with E-state index in [1.165, 1.54) is 0 Å². The van der Waals surface area contributed by atoms with E-state index in [0.717, 1.165) is 0 Å². The van der Waals surface area contributed by atoms with Crippen molar-refractivity contribution >= 4 is 17.4 Å². The lowest BCUT2D eigenvalue weighted by molar-refractivity contribution is -0.116. The fraction of sp³-hybridized carbons (Fsp3) is 0.286. The molecule has 0 aliphatic carbocycles. The molecule has 0 radical (unpaired) electrons. The van der Waals surface area contributed by atoms with Crippen LogP contribution in [0.5, 0.6) is 0 Å². The molecule has 0 atom stereocenters. The van der Waals surface area contributed by atoms with Crippen molar-refractivity contribution in [1.29, 1.82) is 0 Å². The Hall–Kier alpha value is -0.960. The van der Waals surface area contributed by atoms with Gasteiger partial charge in [0, 0.05) is 18.6 Å². The maximum Gasteiger partial charge on any atom is 0.153 e. The quantitative estimate of drug-likeness (QED) is 0.631. The number of hydrogen-bond acceptors (Lipinski definition) is 3. The number of Topliss-reactive ketones (excluding diaryl/α,β-unsaturated/α-hetero) is 1. The van der Waals surface area contributed by atoms with Gasteiger partial charge in [-0.25, -0.2) is 0 Å². The molecular formula is C7H7ClN2O. The molecule has 3 nitrogen and oxygen atoms in total. The third-order valence-electron chi connectivity index (χ3n) is 1.14. The molecule has 58 valence electrons. The number of carbonyl (C=O) groups is 1. The molecule has 0 N–H and O–H groups in total. The molecule has 0 aliphatic heterocycles. The molecule has 0 spiro atoms. The molecule has 4 heteroatoms. The predicted molar refractivity (Wildman–Crippen MR) is 41.5 cm³/mol. The minimum Gasteiger partial charge on any atom is -0.298 e. The van der Waals surface area contributed by atoms with Crippen molar-refractivity contribution < 1.29 is 4.79 Å². The van der Waals surface area contributed by atoms with Gasteiger partial charge in [-0.3, -0.25) is 14.8 Å². The van der Waals surface area contributed by atoms with Crippen LogP contribution in [0.3, 0.4) is 0 Å². The molecule has 0 aliphatic rings. The first-order chi connectivity index (χ1) is 5.33. The zero-order valence-corrected chi connectivity index (χ0v) is 6.58. The summed E-state index contributed by atoms with van der Waals surface area (Å²) in [5, 5.41) is 0. The zero-order valence-electron chi connectivity index (χ0n) is 5.83. The summed E-state index contributed by atoms with van der Waals surface area (Å²) in [7, 11) is 0. The van der Waals surface area contributed by atoms with Gasteiger partial charge in [0.15, 0.2) is 5.78 Å². The van der Waals surface area contributed by atoms with E-state index in [1.54, 1.807) is 18.6 Å². The van der Waals surface area contributed by atoms with E-state index in [0.29, 0.717) is 5.69 Å². The summed E-state index contributed by atoms with van der Waals surface area (Å²) < 4.78 is 0. The van der Waals surface area contributed by atoms with Crippen LogP contribution in [-0.2, 0) is 11.2 Å². The van der Waals surface area contributed by atoms with Gasteiger partial charge in [0.2, 0.25) is 0 Å². The molecular weight excluding hydrogens is 164 g/mol. The van der Waals surface area contributed by atoms with Crippen LogP contribution in [0.4, 0.5) is 0 Å². The second kappa shape index (κ2) is 4.03. The molecule has 0 bridgehead atoms. The van der Waals surface area contributed by atoms with Crippen molar-refractivity contribution in [3.63, 3.8) is 0 Å². The fourth-order valence-corrected chi connectivity index (χ4v) is 0.765. The standard InChI is InChI=1S/C7H7ClN2O/c8-4-7(11)3-6-5-9-1-2-10-6/h1-2,5H,3-4H2. The Kier molecular flexibility index (Phi) is 2.98. The molecule has 1 rings (SSSR count). The van der Waals surface area contributed by atoms with Gasteiger partial charge in [-0.2, -0.15) is 0 Å². The number of hydrogen-bond donors (Lipinski definition) is 0. The highest BCUT2D eigenvalue weighted by atomic mass is 35.5. The van der Waals surface area contributed by atoms with Crippen molar-refractivity contribution in [3.8, 4) is 0 Å². The first-order valence-electron chi connectivity index (χ1n) is 3.15. The Bertz CT molecular complexity index is 237. The predicted octanol–water partition coefficient (Wildman–Crippen LogP) is 0.827. The van der Waals surface area contributed by atoms with Gasteiger partial charge < -0.3 is 0 Å². The summed E-state index contributed by atoms with van der Waals surface area (Å²) in [5.41, 5.74) is 0.665. The van der Waals surface area contributed by atoms with E-state index in [2.05, 4.69) is 9.97 Å². The summed E-state index contributed by atoms with van der Waals surface area (Å²) in [6, 6.07) is 0. The third-order valence-corrected chi connectivity index (χ3v) is 1.44. The van der Waals surface area contributed by atoms with Crippen LogP contribution in [0.15, 0.2) is 18.6 Å². The number of rotatable bonds is 3. The van der Waals surface area contributed by atoms with Crippen LogP contribution in [0.1, 0.15) is 5.69 Å². The number of alkyl halides is 1.